The second-order valence-corrected chi connectivity index (χ2v) is 5.03. The summed E-state index contributed by atoms with van der Waals surface area (Å²) in [4.78, 5) is 0. The van der Waals surface area contributed by atoms with Crippen molar-refractivity contribution in [2.75, 3.05) is 0 Å². The Hall–Kier alpha value is -1.55. The Morgan fingerprint density at radius 1 is 1.26 bits per heavy atom. The van der Waals surface area contributed by atoms with Gasteiger partial charge >= 0.3 is 0 Å². The first-order valence-electron chi connectivity index (χ1n) is 6.37. The number of nitrogens with zero attached hydrogens (tertiary/aromatic N) is 1. The zero-order valence-electron chi connectivity index (χ0n) is 12.2. The van der Waals surface area contributed by atoms with Crippen molar-refractivity contribution >= 4 is 34.2 Å². The van der Waals surface area contributed by atoms with Crippen LogP contribution in [0.2, 0.25) is 0 Å². The van der Waals surface area contributed by atoms with E-state index in [1.165, 1.54) is 0 Å². The van der Waals surface area contributed by atoms with Gasteiger partial charge in [0.25, 0.3) is 0 Å². The topological polar surface area (TPSA) is 4.93 Å². The fourth-order valence-corrected chi connectivity index (χ4v) is 2.23. The molecule has 1 unspecified atom stereocenters. The van der Waals surface area contributed by atoms with E-state index in [9.17, 15) is 0 Å². The number of hydrogen-bond donors (Lipinski definition) is 0. The van der Waals surface area contributed by atoms with Gasteiger partial charge in [0, 0.05) is 16.9 Å². The lowest BCUT2D eigenvalue weighted by Crippen LogP contribution is -2.24. The Bertz CT molecular complexity index is 674. The van der Waals surface area contributed by atoms with E-state index in [0.29, 0.717) is 0 Å². The predicted molar refractivity (Wildman–Crippen MR) is 91.1 cm³/mol. The highest BCUT2D eigenvalue weighted by atomic mass is 31.0. The second-order valence-electron chi connectivity index (χ2n) is 4.51. The first-order chi connectivity index (χ1) is 9.02. The molecule has 0 saturated heterocycles. The Balaban J connectivity index is 3.72. The molecule has 1 heterocycles. The molecule has 1 aromatic rings. The van der Waals surface area contributed by atoms with E-state index in [-0.39, 0.29) is 0 Å². The molecule has 0 aliphatic carbocycles. The molecule has 1 aromatic heterocycles. The molecule has 0 amide bonds. The van der Waals surface area contributed by atoms with Crippen molar-refractivity contribution in [3.8, 4) is 0 Å². The first kappa shape index (κ1) is 15.5. The van der Waals surface area contributed by atoms with Crippen LogP contribution in [0.15, 0.2) is 29.5 Å². The lowest BCUT2D eigenvalue weighted by Gasteiger charge is -1.98. The normalized spacial score (nSPS) is 12.4. The maximum Gasteiger partial charge on any atom is 0.0598 e. The third-order valence-corrected chi connectivity index (χ3v) is 3.26. The molecule has 1 atom stereocenters. The van der Waals surface area contributed by atoms with Crippen molar-refractivity contribution in [3.05, 3.63) is 51.4 Å². The molecule has 0 fully saturated rings. The SMILES string of the molecule is C=c1c(/C=C\C)c(C=C=C(C)C)n(P)/c1=C/C=C\C. The van der Waals surface area contributed by atoms with Gasteiger partial charge in [-0.3, -0.25) is 0 Å². The van der Waals surface area contributed by atoms with E-state index < -0.39 is 0 Å². The van der Waals surface area contributed by atoms with Crippen LogP contribution in [0.25, 0.3) is 24.8 Å². The van der Waals surface area contributed by atoms with Crippen molar-refractivity contribution < 1.29 is 0 Å². The minimum absolute atomic E-state index is 1.04. The molecule has 0 spiro atoms. The van der Waals surface area contributed by atoms with Crippen LogP contribution in [0.1, 0.15) is 39.0 Å². The van der Waals surface area contributed by atoms with Crippen molar-refractivity contribution in [3.63, 3.8) is 0 Å². The Kier molecular flexibility index (Phi) is 5.83. The van der Waals surface area contributed by atoms with Crippen LogP contribution in [0.5, 0.6) is 0 Å². The molecule has 0 radical (unpaired) electrons. The van der Waals surface area contributed by atoms with Gasteiger partial charge in [-0.1, -0.05) is 30.9 Å². The van der Waals surface area contributed by atoms with E-state index in [4.69, 9.17) is 0 Å². The smallest absolute Gasteiger partial charge is 0.0598 e. The van der Waals surface area contributed by atoms with Crippen molar-refractivity contribution in [1.82, 2.24) is 4.34 Å². The van der Waals surface area contributed by atoms with Gasteiger partial charge in [0.2, 0.25) is 0 Å². The summed E-state index contributed by atoms with van der Waals surface area (Å²) in [7, 11) is 2.75. The average molecular weight is 271 g/mol. The molecule has 1 nitrogen and oxygen atoms in total. The number of aromatic nitrogens is 1. The molecule has 0 aliphatic heterocycles. The molecule has 0 saturated carbocycles. The van der Waals surface area contributed by atoms with E-state index in [0.717, 1.165) is 27.4 Å². The fourth-order valence-electron chi connectivity index (χ4n) is 1.78. The zero-order chi connectivity index (χ0) is 14.4. The van der Waals surface area contributed by atoms with Crippen LogP contribution in [0.3, 0.4) is 0 Å². The highest BCUT2D eigenvalue weighted by Crippen LogP contribution is 2.10. The minimum atomic E-state index is 1.04. The summed E-state index contributed by atoms with van der Waals surface area (Å²) in [5, 5.41) is 2.13. The van der Waals surface area contributed by atoms with E-state index in [1.807, 2.05) is 52.0 Å². The Morgan fingerprint density at radius 2 is 1.95 bits per heavy atom. The number of allylic oxidation sites excluding steroid dienone is 4. The third-order valence-electron chi connectivity index (χ3n) is 2.71. The summed E-state index contributed by atoms with van der Waals surface area (Å²) in [5.74, 6) is 0. The zero-order valence-corrected chi connectivity index (χ0v) is 13.4. The summed E-state index contributed by atoms with van der Waals surface area (Å²) < 4.78 is 2.08. The quantitative estimate of drug-likeness (QED) is 0.585. The molecule has 1 rings (SSSR count). The van der Waals surface area contributed by atoms with E-state index in [1.54, 1.807) is 0 Å². The maximum atomic E-state index is 4.20. The van der Waals surface area contributed by atoms with Crippen molar-refractivity contribution in [2.45, 2.75) is 27.7 Å². The van der Waals surface area contributed by atoms with Gasteiger partial charge in [0.05, 0.1) is 11.0 Å². The second kappa shape index (κ2) is 7.14. The minimum Gasteiger partial charge on any atom is -0.324 e. The predicted octanol–water partition coefficient (Wildman–Crippen LogP) is 3.50. The standard InChI is InChI=1S/C17H22NP/c1-6-8-10-16-14(5)15(9-7-2)17(18(16)19)12-11-13(3)4/h6-10,12H,5,19H2,1-4H3/b8-6-,9-7-,16-10+. The first-order valence-corrected chi connectivity index (χ1v) is 6.88. The fraction of sp³-hybridized carbons (Fsp3) is 0.235. The molecular formula is C17H22NP. The van der Waals surface area contributed by atoms with Gasteiger partial charge in [0.15, 0.2) is 0 Å². The highest BCUT2D eigenvalue weighted by molar-refractivity contribution is 7.14. The molecule has 0 bridgehead atoms. The monoisotopic (exact) mass is 271 g/mol. The number of hydrogen-bond acceptors (Lipinski definition) is 0. The van der Waals surface area contributed by atoms with Crippen LogP contribution in [-0.4, -0.2) is 4.34 Å². The third kappa shape index (κ3) is 3.70. The van der Waals surface area contributed by atoms with E-state index in [2.05, 4.69) is 38.2 Å². The summed E-state index contributed by atoms with van der Waals surface area (Å²) >= 11 is 0. The Labute approximate surface area is 118 Å². The largest absolute Gasteiger partial charge is 0.324 e. The van der Waals surface area contributed by atoms with Crippen LogP contribution >= 0.6 is 9.39 Å². The van der Waals surface area contributed by atoms with Crippen LogP contribution in [0.4, 0.5) is 0 Å². The molecule has 2 heteroatoms. The van der Waals surface area contributed by atoms with Gasteiger partial charge < -0.3 is 4.34 Å². The lowest BCUT2D eigenvalue weighted by atomic mass is 10.2. The van der Waals surface area contributed by atoms with Gasteiger partial charge in [-0.2, -0.15) is 0 Å². The molecule has 0 N–H and O–H groups in total. The molecule has 0 aliphatic rings. The van der Waals surface area contributed by atoms with Gasteiger partial charge in [-0.15, -0.1) is 5.73 Å². The summed E-state index contributed by atoms with van der Waals surface area (Å²) in [6, 6.07) is 0. The van der Waals surface area contributed by atoms with Crippen molar-refractivity contribution in [2.24, 2.45) is 0 Å². The van der Waals surface area contributed by atoms with Crippen LogP contribution in [0, 0.1) is 0 Å². The Morgan fingerprint density at radius 3 is 2.47 bits per heavy atom. The molecular weight excluding hydrogens is 249 g/mol. The average Bonchev–Trinajstić information content (AvgIpc) is 2.58. The molecule has 19 heavy (non-hydrogen) atoms. The highest BCUT2D eigenvalue weighted by Gasteiger charge is 2.06. The van der Waals surface area contributed by atoms with Gasteiger partial charge in [-0.25, -0.2) is 0 Å². The number of rotatable bonds is 3. The van der Waals surface area contributed by atoms with Gasteiger partial charge in [-0.05, 0) is 48.7 Å². The van der Waals surface area contributed by atoms with Crippen molar-refractivity contribution in [1.29, 1.82) is 0 Å². The molecule has 0 aromatic carbocycles. The van der Waals surface area contributed by atoms with E-state index >= 15 is 0 Å². The van der Waals surface area contributed by atoms with Crippen LogP contribution in [-0.2, 0) is 0 Å². The van der Waals surface area contributed by atoms with Gasteiger partial charge in [0.1, 0.15) is 0 Å². The molecule has 100 valence electrons. The lowest BCUT2D eigenvalue weighted by molar-refractivity contribution is 1.19. The van der Waals surface area contributed by atoms with Crippen LogP contribution < -0.4 is 10.6 Å². The summed E-state index contributed by atoms with van der Waals surface area (Å²) in [6.45, 7) is 12.3. The summed E-state index contributed by atoms with van der Waals surface area (Å²) in [6.07, 6.45) is 12.3. The summed E-state index contributed by atoms with van der Waals surface area (Å²) in [5.41, 5.74) is 6.66. The maximum absolute atomic E-state index is 4.20.